The van der Waals surface area contributed by atoms with E-state index in [1.807, 2.05) is 0 Å². The molecule has 4 heteroatoms. The van der Waals surface area contributed by atoms with Gasteiger partial charge in [-0.1, -0.05) is 12.8 Å². The molecule has 15 heavy (non-hydrogen) atoms. The third kappa shape index (κ3) is 2.19. The Hall–Kier alpha value is -1.32. The van der Waals surface area contributed by atoms with E-state index in [4.69, 9.17) is 4.42 Å². The van der Waals surface area contributed by atoms with E-state index in [9.17, 15) is 4.79 Å². The molecule has 1 fully saturated rings. The fraction of sp³-hybridized carbons (Fsp3) is 0.636. The number of nitrogens with one attached hydrogen (secondary N) is 1. The highest BCUT2D eigenvalue weighted by Crippen LogP contribution is 2.18. The zero-order valence-electron chi connectivity index (χ0n) is 9.17. The van der Waals surface area contributed by atoms with Crippen LogP contribution in [0.15, 0.2) is 4.42 Å². The lowest BCUT2D eigenvalue weighted by Crippen LogP contribution is -2.32. The smallest absolute Gasteiger partial charge is 0.289 e. The summed E-state index contributed by atoms with van der Waals surface area (Å²) in [5.41, 5.74) is 0.669. The molecule has 0 saturated heterocycles. The van der Waals surface area contributed by atoms with E-state index in [0.29, 0.717) is 23.4 Å². The second-order valence-corrected chi connectivity index (χ2v) is 4.10. The van der Waals surface area contributed by atoms with Gasteiger partial charge < -0.3 is 9.73 Å². The third-order valence-electron chi connectivity index (χ3n) is 2.80. The average Bonchev–Trinajstić information content (AvgIpc) is 2.75. The van der Waals surface area contributed by atoms with Crippen molar-refractivity contribution in [3.63, 3.8) is 0 Å². The van der Waals surface area contributed by atoms with Crippen LogP contribution in [-0.4, -0.2) is 16.9 Å². The molecule has 0 bridgehead atoms. The van der Waals surface area contributed by atoms with Crippen molar-refractivity contribution in [3.8, 4) is 0 Å². The molecule has 0 spiro atoms. The van der Waals surface area contributed by atoms with Crippen LogP contribution in [0, 0.1) is 13.8 Å². The maximum absolute atomic E-state index is 11.8. The molecule has 1 aliphatic rings. The van der Waals surface area contributed by atoms with E-state index in [0.717, 1.165) is 12.8 Å². The molecule has 82 valence electrons. The number of amides is 1. The second-order valence-electron chi connectivity index (χ2n) is 4.10. The van der Waals surface area contributed by atoms with Crippen molar-refractivity contribution < 1.29 is 9.21 Å². The summed E-state index contributed by atoms with van der Waals surface area (Å²) in [7, 11) is 0. The van der Waals surface area contributed by atoms with Crippen LogP contribution in [-0.2, 0) is 0 Å². The Morgan fingerprint density at radius 1 is 1.40 bits per heavy atom. The second kappa shape index (κ2) is 4.04. The minimum atomic E-state index is -0.125. The highest BCUT2D eigenvalue weighted by Gasteiger charge is 2.21. The fourth-order valence-electron chi connectivity index (χ4n) is 2.06. The first-order chi connectivity index (χ1) is 7.16. The summed E-state index contributed by atoms with van der Waals surface area (Å²) < 4.78 is 5.26. The topological polar surface area (TPSA) is 55.1 Å². The van der Waals surface area contributed by atoms with Crippen molar-refractivity contribution in [1.29, 1.82) is 0 Å². The van der Waals surface area contributed by atoms with Gasteiger partial charge in [-0.25, -0.2) is 4.98 Å². The Morgan fingerprint density at radius 3 is 2.60 bits per heavy atom. The summed E-state index contributed by atoms with van der Waals surface area (Å²) in [5.74, 6) is 0.781. The van der Waals surface area contributed by atoms with Gasteiger partial charge in [0.25, 0.3) is 5.91 Å². The van der Waals surface area contributed by atoms with Gasteiger partial charge in [-0.15, -0.1) is 0 Å². The van der Waals surface area contributed by atoms with Crippen molar-refractivity contribution in [1.82, 2.24) is 10.3 Å². The Morgan fingerprint density at radius 2 is 2.07 bits per heavy atom. The first-order valence-corrected chi connectivity index (χ1v) is 5.41. The Labute approximate surface area is 89.1 Å². The van der Waals surface area contributed by atoms with Crippen molar-refractivity contribution in [3.05, 3.63) is 17.3 Å². The molecule has 1 aromatic heterocycles. The predicted molar refractivity (Wildman–Crippen MR) is 55.7 cm³/mol. The monoisotopic (exact) mass is 208 g/mol. The molecule has 1 aliphatic carbocycles. The summed E-state index contributed by atoms with van der Waals surface area (Å²) >= 11 is 0. The van der Waals surface area contributed by atoms with Gasteiger partial charge in [-0.3, -0.25) is 4.79 Å². The maximum atomic E-state index is 11.8. The van der Waals surface area contributed by atoms with Gasteiger partial charge in [0.1, 0.15) is 0 Å². The minimum Gasteiger partial charge on any atom is -0.436 e. The maximum Gasteiger partial charge on any atom is 0.289 e. The Bertz CT molecular complexity index is 365. The van der Waals surface area contributed by atoms with E-state index in [1.54, 1.807) is 13.8 Å². The highest BCUT2D eigenvalue weighted by molar-refractivity contribution is 5.92. The van der Waals surface area contributed by atoms with Gasteiger partial charge in [0.05, 0.1) is 5.69 Å². The number of aromatic nitrogens is 1. The molecule has 0 radical (unpaired) electrons. The van der Waals surface area contributed by atoms with Crippen LogP contribution in [0.25, 0.3) is 0 Å². The molecular weight excluding hydrogens is 192 g/mol. The van der Waals surface area contributed by atoms with Crippen molar-refractivity contribution in [2.75, 3.05) is 0 Å². The minimum absolute atomic E-state index is 0.125. The number of carbonyl (C=O) groups is 1. The SMILES string of the molecule is Cc1nc(C)c(C(=O)NC2CCCC2)o1. The van der Waals surface area contributed by atoms with Gasteiger partial charge in [-0.05, 0) is 19.8 Å². The predicted octanol–water partition coefficient (Wildman–Crippen LogP) is 1.96. The van der Waals surface area contributed by atoms with Crippen LogP contribution < -0.4 is 5.32 Å². The lowest BCUT2D eigenvalue weighted by Gasteiger charge is -2.09. The molecule has 1 N–H and O–H groups in total. The van der Waals surface area contributed by atoms with Crippen molar-refractivity contribution in [2.24, 2.45) is 0 Å². The van der Waals surface area contributed by atoms with Gasteiger partial charge in [0.2, 0.25) is 5.76 Å². The van der Waals surface area contributed by atoms with Gasteiger partial charge in [0.15, 0.2) is 5.89 Å². The molecule has 1 heterocycles. The van der Waals surface area contributed by atoms with Gasteiger partial charge >= 0.3 is 0 Å². The fourth-order valence-corrected chi connectivity index (χ4v) is 2.06. The van der Waals surface area contributed by atoms with E-state index >= 15 is 0 Å². The van der Waals surface area contributed by atoms with Crippen LogP contribution in [0.1, 0.15) is 47.8 Å². The summed E-state index contributed by atoms with van der Waals surface area (Å²) in [5, 5.41) is 2.98. The number of hydrogen-bond acceptors (Lipinski definition) is 3. The molecular formula is C11H16N2O2. The molecule has 2 rings (SSSR count). The number of aryl methyl sites for hydroxylation is 2. The van der Waals surface area contributed by atoms with E-state index in [2.05, 4.69) is 10.3 Å². The number of nitrogens with zero attached hydrogens (tertiary/aromatic N) is 1. The molecule has 1 amide bonds. The molecule has 0 unspecified atom stereocenters. The summed E-state index contributed by atoms with van der Waals surface area (Å²) in [6, 6.07) is 0.322. The van der Waals surface area contributed by atoms with Crippen LogP contribution in [0.3, 0.4) is 0 Å². The quantitative estimate of drug-likeness (QED) is 0.808. The zero-order valence-corrected chi connectivity index (χ0v) is 9.17. The van der Waals surface area contributed by atoms with Crippen LogP contribution >= 0.6 is 0 Å². The molecule has 0 aliphatic heterocycles. The Balaban J connectivity index is 2.03. The van der Waals surface area contributed by atoms with Crippen LogP contribution in [0.4, 0.5) is 0 Å². The standard InChI is InChI=1S/C11H16N2O2/c1-7-10(15-8(2)12-7)11(14)13-9-5-3-4-6-9/h9H,3-6H2,1-2H3,(H,13,14). The van der Waals surface area contributed by atoms with E-state index in [1.165, 1.54) is 12.8 Å². The molecule has 1 saturated carbocycles. The van der Waals surface area contributed by atoms with Crippen molar-refractivity contribution >= 4 is 5.91 Å². The summed E-state index contributed by atoms with van der Waals surface area (Å²) in [4.78, 5) is 15.9. The largest absolute Gasteiger partial charge is 0.436 e. The lowest BCUT2D eigenvalue weighted by molar-refractivity contribution is 0.0907. The van der Waals surface area contributed by atoms with Crippen LogP contribution in [0.2, 0.25) is 0 Å². The zero-order chi connectivity index (χ0) is 10.8. The first-order valence-electron chi connectivity index (χ1n) is 5.41. The van der Waals surface area contributed by atoms with Gasteiger partial charge in [-0.2, -0.15) is 0 Å². The van der Waals surface area contributed by atoms with Crippen molar-refractivity contribution in [2.45, 2.75) is 45.6 Å². The molecule has 0 atom stereocenters. The van der Waals surface area contributed by atoms with Gasteiger partial charge in [0, 0.05) is 13.0 Å². The number of carbonyl (C=O) groups excluding carboxylic acids is 1. The van der Waals surface area contributed by atoms with E-state index in [-0.39, 0.29) is 5.91 Å². The van der Waals surface area contributed by atoms with Crippen LogP contribution in [0.5, 0.6) is 0 Å². The Kier molecular flexibility index (Phi) is 2.75. The first kappa shape index (κ1) is 10.2. The number of rotatable bonds is 2. The lowest BCUT2D eigenvalue weighted by atomic mass is 10.2. The molecule has 4 nitrogen and oxygen atoms in total. The highest BCUT2D eigenvalue weighted by atomic mass is 16.4. The third-order valence-corrected chi connectivity index (χ3v) is 2.80. The average molecular weight is 208 g/mol. The normalized spacial score (nSPS) is 16.9. The number of oxazole rings is 1. The molecule has 1 aromatic rings. The molecule has 0 aromatic carbocycles. The summed E-state index contributed by atoms with van der Waals surface area (Å²) in [6.45, 7) is 3.54. The summed E-state index contributed by atoms with van der Waals surface area (Å²) in [6.07, 6.45) is 4.58. The number of hydrogen-bond donors (Lipinski definition) is 1. The van der Waals surface area contributed by atoms with E-state index < -0.39 is 0 Å².